The van der Waals surface area contributed by atoms with Crippen LogP contribution < -0.4 is 14.8 Å². The number of nitrogens with one attached hydrogen (secondary N) is 1. The summed E-state index contributed by atoms with van der Waals surface area (Å²) in [6.07, 6.45) is 1.29. The third-order valence-electron chi connectivity index (χ3n) is 6.90. The van der Waals surface area contributed by atoms with E-state index in [9.17, 15) is 9.59 Å². The zero-order chi connectivity index (χ0) is 28.2. The molecule has 4 aromatic rings. The van der Waals surface area contributed by atoms with Crippen molar-refractivity contribution in [1.82, 2.24) is 10.2 Å². The number of rotatable bonds is 13. The molecule has 0 aliphatic carbocycles. The molecule has 0 heterocycles. The molecule has 2 amide bonds. The maximum atomic E-state index is 13.9. The zero-order valence-electron chi connectivity index (χ0n) is 23.1. The highest BCUT2D eigenvalue weighted by atomic mass is 16.5. The van der Waals surface area contributed by atoms with E-state index >= 15 is 0 Å². The molecule has 0 unspecified atom stereocenters. The summed E-state index contributed by atoms with van der Waals surface area (Å²) in [6, 6.07) is 34.2. The minimum absolute atomic E-state index is 0.0759. The Morgan fingerprint density at radius 2 is 1.35 bits per heavy atom. The third-order valence-corrected chi connectivity index (χ3v) is 6.90. The van der Waals surface area contributed by atoms with Gasteiger partial charge < -0.3 is 19.7 Å². The van der Waals surface area contributed by atoms with Crippen LogP contribution in [0.25, 0.3) is 0 Å². The standard InChI is InChI=1S/C34H36N2O4/c1-39-30-20-17-28(18-21-30)25-36(33(37)22-19-26-11-5-3-6-12-26)31(23-27-13-7-4-8-14-27)34(38)35-24-29-15-9-10-16-32(29)40-2/h3-18,20-21,31H,19,22-25H2,1-2H3,(H,35,38)/t31-/m1/s1. The summed E-state index contributed by atoms with van der Waals surface area (Å²) < 4.78 is 10.8. The maximum absolute atomic E-state index is 13.9. The fourth-order valence-electron chi connectivity index (χ4n) is 4.67. The van der Waals surface area contributed by atoms with Gasteiger partial charge in [0, 0.05) is 31.5 Å². The SMILES string of the molecule is COc1ccc(CN(C(=O)CCc2ccccc2)[C@H](Cc2ccccc2)C(=O)NCc2ccccc2OC)cc1. The minimum atomic E-state index is -0.706. The monoisotopic (exact) mass is 536 g/mol. The van der Waals surface area contributed by atoms with Gasteiger partial charge in [0.2, 0.25) is 11.8 Å². The highest BCUT2D eigenvalue weighted by molar-refractivity contribution is 5.88. The number of carbonyl (C=O) groups excluding carboxylic acids is 2. The number of benzene rings is 4. The molecule has 0 saturated carbocycles. The van der Waals surface area contributed by atoms with E-state index in [4.69, 9.17) is 9.47 Å². The van der Waals surface area contributed by atoms with Gasteiger partial charge in [-0.05, 0) is 41.3 Å². The number of methoxy groups -OCH3 is 2. The van der Waals surface area contributed by atoms with Gasteiger partial charge in [-0.3, -0.25) is 9.59 Å². The summed E-state index contributed by atoms with van der Waals surface area (Å²) in [5.74, 6) is 1.15. The van der Waals surface area contributed by atoms with E-state index in [2.05, 4.69) is 5.32 Å². The molecule has 1 atom stereocenters. The lowest BCUT2D eigenvalue weighted by molar-refractivity contribution is -0.141. The second-order valence-electron chi connectivity index (χ2n) is 9.59. The highest BCUT2D eigenvalue weighted by Gasteiger charge is 2.30. The largest absolute Gasteiger partial charge is 0.497 e. The van der Waals surface area contributed by atoms with Crippen LogP contribution in [0.15, 0.2) is 109 Å². The fraction of sp³-hybridized carbons (Fsp3) is 0.235. The second-order valence-corrected chi connectivity index (χ2v) is 9.59. The number of nitrogens with zero attached hydrogens (tertiary/aromatic N) is 1. The molecule has 4 rings (SSSR count). The Kier molecular flexibility index (Phi) is 10.3. The smallest absolute Gasteiger partial charge is 0.243 e. The topological polar surface area (TPSA) is 67.9 Å². The van der Waals surface area contributed by atoms with Crippen LogP contribution in [0.5, 0.6) is 11.5 Å². The number of hydrogen-bond acceptors (Lipinski definition) is 4. The van der Waals surface area contributed by atoms with Crippen molar-refractivity contribution in [3.8, 4) is 11.5 Å². The van der Waals surface area contributed by atoms with Crippen LogP contribution in [0.1, 0.15) is 28.7 Å². The Labute approximate surface area is 236 Å². The van der Waals surface area contributed by atoms with Crippen molar-refractivity contribution in [2.75, 3.05) is 14.2 Å². The van der Waals surface area contributed by atoms with E-state index in [-0.39, 0.29) is 11.8 Å². The lowest BCUT2D eigenvalue weighted by Gasteiger charge is -2.32. The minimum Gasteiger partial charge on any atom is -0.497 e. The van der Waals surface area contributed by atoms with Gasteiger partial charge in [0.1, 0.15) is 17.5 Å². The average Bonchev–Trinajstić information content (AvgIpc) is 3.01. The van der Waals surface area contributed by atoms with E-state index in [0.717, 1.165) is 28.0 Å². The molecule has 6 nitrogen and oxygen atoms in total. The van der Waals surface area contributed by atoms with E-state index < -0.39 is 6.04 Å². The second kappa shape index (κ2) is 14.5. The van der Waals surface area contributed by atoms with Crippen molar-refractivity contribution >= 4 is 11.8 Å². The number of amides is 2. The Morgan fingerprint density at radius 1 is 0.725 bits per heavy atom. The first-order chi connectivity index (χ1) is 19.6. The van der Waals surface area contributed by atoms with Crippen molar-refractivity contribution in [2.45, 2.75) is 38.4 Å². The number of carbonyl (C=O) groups is 2. The Bertz CT molecular complexity index is 1360. The molecule has 0 saturated heterocycles. The molecule has 0 aliphatic rings. The van der Waals surface area contributed by atoms with Crippen LogP contribution in [0, 0.1) is 0 Å². The van der Waals surface area contributed by atoms with E-state index in [1.165, 1.54) is 0 Å². The molecule has 40 heavy (non-hydrogen) atoms. The van der Waals surface area contributed by atoms with Crippen molar-refractivity contribution in [3.05, 3.63) is 131 Å². The van der Waals surface area contributed by atoms with Crippen molar-refractivity contribution in [2.24, 2.45) is 0 Å². The summed E-state index contributed by atoms with van der Waals surface area (Å²) in [7, 11) is 3.23. The van der Waals surface area contributed by atoms with E-state index in [0.29, 0.717) is 38.1 Å². The van der Waals surface area contributed by atoms with Crippen LogP contribution >= 0.6 is 0 Å². The average molecular weight is 537 g/mol. The van der Waals surface area contributed by atoms with Gasteiger partial charge >= 0.3 is 0 Å². The van der Waals surface area contributed by atoms with Crippen LogP contribution in [-0.2, 0) is 35.5 Å². The first kappa shape index (κ1) is 28.4. The highest BCUT2D eigenvalue weighted by Crippen LogP contribution is 2.20. The van der Waals surface area contributed by atoms with Gasteiger partial charge in [0.15, 0.2) is 0 Å². The molecule has 0 radical (unpaired) electrons. The molecule has 206 valence electrons. The fourth-order valence-corrected chi connectivity index (χ4v) is 4.67. The number of hydrogen-bond donors (Lipinski definition) is 1. The molecule has 0 aromatic heterocycles. The van der Waals surface area contributed by atoms with Crippen LogP contribution in [0.2, 0.25) is 0 Å². The Hall–Kier alpha value is -4.58. The molecular weight excluding hydrogens is 500 g/mol. The predicted molar refractivity (Wildman–Crippen MR) is 157 cm³/mol. The van der Waals surface area contributed by atoms with Gasteiger partial charge in [-0.15, -0.1) is 0 Å². The maximum Gasteiger partial charge on any atom is 0.243 e. The van der Waals surface area contributed by atoms with Gasteiger partial charge in [0.05, 0.1) is 14.2 Å². The Morgan fingerprint density at radius 3 is 2.00 bits per heavy atom. The lowest BCUT2D eigenvalue weighted by atomic mass is 10.0. The molecule has 0 aliphatic heterocycles. The van der Waals surface area contributed by atoms with Crippen molar-refractivity contribution < 1.29 is 19.1 Å². The molecule has 0 bridgehead atoms. The van der Waals surface area contributed by atoms with Gasteiger partial charge in [-0.25, -0.2) is 0 Å². The third kappa shape index (κ3) is 7.96. The first-order valence-corrected chi connectivity index (χ1v) is 13.5. The summed E-state index contributed by atoms with van der Waals surface area (Å²) in [5, 5.41) is 3.07. The summed E-state index contributed by atoms with van der Waals surface area (Å²) >= 11 is 0. The summed E-state index contributed by atoms with van der Waals surface area (Å²) in [4.78, 5) is 29.4. The summed E-state index contributed by atoms with van der Waals surface area (Å²) in [6.45, 7) is 0.597. The molecule has 6 heteroatoms. The van der Waals surface area contributed by atoms with Crippen molar-refractivity contribution in [1.29, 1.82) is 0 Å². The van der Waals surface area contributed by atoms with Gasteiger partial charge in [0.25, 0.3) is 0 Å². The number of ether oxygens (including phenoxy) is 2. The predicted octanol–water partition coefficient (Wildman–Crippen LogP) is 5.59. The van der Waals surface area contributed by atoms with Gasteiger partial charge in [-0.2, -0.15) is 0 Å². The number of para-hydroxylation sites is 1. The van der Waals surface area contributed by atoms with E-state index in [1.807, 2.05) is 109 Å². The van der Waals surface area contributed by atoms with E-state index in [1.54, 1.807) is 19.1 Å². The quantitative estimate of drug-likeness (QED) is 0.242. The zero-order valence-corrected chi connectivity index (χ0v) is 23.1. The molecule has 0 fully saturated rings. The number of aryl methyl sites for hydroxylation is 1. The summed E-state index contributed by atoms with van der Waals surface area (Å²) in [5.41, 5.74) is 3.86. The Balaban J connectivity index is 1.62. The molecule has 4 aromatic carbocycles. The normalized spacial score (nSPS) is 11.3. The lowest BCUT2D eigenvalue weighted by Crippen LogP contribution is -2.50. The van der Waals surface area contributed by atoms with Crippen LogP contribution in [0.3, 0.4) is 0 Å². The first-order valence-electron chi connectivity index (χ1n) is 13.5. The van der Waals surface area contributed by atoms with Crippen molar-refractivity contribution in [3.63, 3.8) is 0 Å². The molecule has 0 spiro atoms. The van der Waals surface area contributed by atoms with Gasteiger partial charge in [-0.1, -0.05) is 91.0 Å². The van der Waals surface area contributed by atoms with Crippen LogP contribution in [0.4, 0.5) is 0 Å². The van der Waals surface area contributed by atoms with Crippen LogP contribution in [-0.4, -0.2) is 37.0 Å². The molecular formula is C34H36N2O4. The molecule has 1 N–H and O–H groups in total.